The number of ether oxygens (including phenoxy) is 1. The van der Waals surface area contributed by atoms with E-state index in [1.165, 1.54) is 0 Å². The second-order valence-corrected chi connectivity index (χ2v) is 9.99. The monoisotopic (exact) mass is 624 g/mol. The smallest absolute Gasteiger partial charge is 0.326 e. The van der Waals surface area contributed by atoms with Crippen LogP contribution in [0.1, 0.15) is 62.9 Å². The molecule has 1 unspecified atom stereocenters. The van der Waals surface area contributed by atoms with Gasteiger partial charge in [0.1, 0.15) is 17.6 Å². The third-order valence-corrected chi connectivity index (χ3v) is 6.03. The number of carboxylic acid groups (broad SMARTS) is 1. The Balaban J connectivity index is 0.000000704. The van der Waals surface area contributed by atoms with E-state index in [0.29, 0.717) is 30.3 Å². The van der Waals surface area contributed by atoms with E-state index in [0.717, 1.165) is 33.9 Å². The summed E-state index contributed by atoms with van der Waals surface area (Å²) in [4.78, 5) is 26.4. The van der Waals surface area contributed by atoms with Crippen LogP contribution in [0.3, 0.4) is 0 Å². The van der Waals surface area contributed by atoms with E-state index in [1.807, 2.05) is 114 Å². The van der Waals surface area contributed by atoms with Crippen molar-refractivity contribution in [3.8, 4) is 24.3 Å². The van der Waals surface area contributed by atoms with Crippen LogP contribution in [-0.2, 0) is 9.53 Å². The fraction of sp³-hybridized carbons (Fsp3) is 0.256. The molecule has 244 valence electrons. The highest BCUT2D eigenvalue weighted by Gasteiger charge is 2.18. The van der Waals surface area contributed by atoms with Gasteiger partial charge in [-0.05, 0) is 72.8 Å². The van der Waals surface area contributed by atoms with E-state index in [4.69, 9.17) is 9.15 Å². The highest BCUT2D eigenvalue weighted by molar-refractivity contribution is 5.93. The van der Waals surface area contributed by atoms with E-state index in [1.54, 1.807) is 19.1 Å². The Morgan fingerprint density at radius 3 is 1.96 bits per heavy atom. The van der Waals surface area contributed by atoms with Gasteiger partial charge in [0, 0.05) is 23.2 Å². The van der Waals surface area contributed by atoms with E-state index in [2.05, 4.69) is 36.3 Å². The number of ketones is 1. The quantitative estimate of drug-likeness (QED) is 0.0897. The van der Waals surface area contributed by atoms with Crippen LogP contribution in [0.25, 0.3) is 11.5 Å². The van der Waals surface area contributed by atoms with Crippen LogP contribution in [-0.4, -0.2) is 34.5 Å². The molecule has 46 heavy (non-hydrogen) atoms. The van der Waals surface area contributed by atoms with Gasteiger partial charge in [-0.25, -0.2) is 9.78 Å². The maximum Gasteiger partial charge on any atom is 0.326 e. The largest absolute Gasteiger partial charge is 0.495 e. The first-order valence-electron chi connectivity index (χ1n) is 14.7. The van der Waals surface area contributed by atoms with E-state index in [-0.39, 0.29) is 5.78 Å². The fourth-order valence-electron chi connectivity index (χ4n) is 3.54. The average Bonchev–Trinajstić information content (AvgIpc) is 3.39. The van der Waals surface area contributed by atoms with Crippen LogP contribution < -0.4 is 5.32 Å². The maximum absolute atomic E-state index is 11.4. The van der Waals surface area contributed by atoms with Crippen molar-refractivity contribution in [1.82, 2.24) is 10.3 Å². The summed E-state index contributed by atoms with van der Waals surface area (Å²) in [6, 6.07) is 18.4. The zero-order valence-corrected chi connectivity index (χ0v) is 28.2. The molecular weight excluding hydrogens is 576 g/mol. The molecule has 0 saturated carbocycles. The Bertz CT molecular complexity index is 1470. The lowest BCUT2D eigenvalue weighted by Gasteiger charge is -2.18. The molecule has 0 bridgehead atoms. The zero-order chi connectivity index (χ0) is 35.1. The molecule has 0 spiro atoms. The van der Waals surface area contributed by atoms with Crippen molar-refractivity contribution in [2.75, 3.05) is 6.61 Å². The van der Waals surface area contributed by atoms with Gasteiger partial charge in [-0.3, -0.25) is 4.79 Å². The highest BCUT2D eigenvalue weighted by atomic mass is 16.5. The van der Waals surface area contributed by atoms with Gasteiger partial charge in [-0.2, -0.15) is 0 Å². The number of benzene rings is 2. The van der Waals surface area contributed by atoms with Crippen LogP contribution >= 0.6 is 0 Å². The minimum atomic E-state index is -0.915. The van der Waals surface area contributed by atoms with Gasteiger partial charge in [-0.1, -0.05) is 85.0 Å². The van der Waals surface area contributed by atoms with Crippen molar-refractivity contribution in [3.05, 3.63) is 138 Å². The second kappa shape index (κ2) is 23.1. The lowest BCUT2D eigenvalue weighted by molar-refractivity contribution is -0.139. The Labute approximate surface area is 275 Å². The Hall–Kier alpha value is -5.35. The molecule has 2 N–H and O–H groups in total. The predicted molar refractivity (Wildman–Crippen MR) is 189 cm³/mol. The summed E-state index contributed by atoms with van der Waals surface area (Å²) in [7, 11) is 0. The maximum atomic E-state index is 11.4. The Morgan fingerprint density at radius 1 is 0.978 bits per heavy atom. The van der Waals surface area contributed by atoms with Gasteiger partial charge in [0.15, 0.2) is 5.78 Å². The Kier molecular flexibility index (Phi) is 20.4. The van der Waals surface area contributed by atoms with E-state index < -0.39 is 12.0 Å². The number of hydrogen-bond donors (Lipinski definition) is 2. The van der Waals surface area contributed by atoms with Gasteiger partial charge in [-0.15, -0.1) is 12.8 Å². The van der Waals surface area contributed by atoms with E-state index in [9.17, 15) is 14.7 Å². The van der Waals surface area contributed by atoms with Crippen molar-refractivity contribution in [2.45, 2.75) is 60.9 Å². The second-order valence-electron chi connectivity index (χ2n) is 9.99. The third kappa shape index (κ3) is 16.5. The van der Waals surface area contributed by atoms with Crippen LogP contribution in [0.2, 0.25) is 0 Å². The van der Waals surface area contributed by atoms with Crippen LogP contribution in [0.4, 0.5) is 0 Å². The first kappa shape index (κ1) is 40.6. The number of Topliss-reactive ketones (excluding diaryl/α,β-unsaturated/α-hetero) is 1. The van der Waals surface area contributed by atoms with E-state index >= 15 is 0 Å². The van der Waals surface area contributed by atoms with Crippen LogP contribution in [0.15, 0.2) is 125 Å². The molecule has 1 atom stereocenters. The number of oxazole rings is 1. The fourth-order valence-corrected chi connectivity index (χ4v) is 3.54. The van der Waals surface area contributed by atoms with Crippen molar-refractivity contribution < 1.29 is 23.8 Å². The molecule has 0 aliphatic heterocycles. The van der Waals surface area contributed by atoms with Crippen molar-refractivity contribution in [3.63, 3.8) is 0 Å². The van der Waals surface area contributed by atoms with Gasteiger partial charge in [0.25, 0.3) is 0 Å². The summed E-state index contributed by atoms with van der Waals surface area (Å²) < 4.78 is 10.7. The Morgan fingerprint density at radius 2 is 1.54 bits per heavy atom. The molecule has 0 fully saturated rings. The number of carbonyl (C=O) groups is 2. The SMILES string of the molecule is C#C.C=C(/C=C\C(=C)OCC)CC(NC(/C=C\C)=C(C)C)C(=O)O.CC(=O)c1ccccc1.Cc1nc(-c2ccccc2)oc1C. The van der Waals surface area contributed by atoms with Crippen LogP contribution in [0, 0.1) is 26.7 Å². The summed E-state index contributed by atoms with van der Waals surface area (Å²) in [6.07, 6.45) is 15.4. The summed E-state index contributed by atoms with van der Waals surface area (Å²) in [5, 5.41) is 12.4. The number of aryl methyl sites for hydroxylation is 2. The summed E-state index contributed by atoms with van der Waals surface area (Å²) in [5.41, 5.74) is 5.28. The molecule has 0 aliphatic rings. The number of hydrogen-bond acceptors (Lipinski definition) is 6. The lowest BCUT2D eigenvalue weighted by Crippen LogP contribution is -2.36. The van der Waals surface area contributed by atoms with Gasteiger partial charge >= 0.3 is 5.97 Å². The van der Waals surface area contributed by atoms with Gasteiger partial charge < -0.3 is 19.6 Å². The van der Waals surface area contributed by atoms with Crippen molar-refractivity contribution >= 4 is 11.8 Å². The molecular formula is C39H48N2O5. The molecule has 3 rings (SSSR count). The standard InChI is InChI=1S/C18H27NO3.C11H11NO.C8H8O.C2H2/c1-7-9-16(13(3)4)19-17(18(20)21)12-14(5)10-11-15(6)22-8-2;1-8-9(2)13-11(12-8)10-6-4-3-5-7-10;1-7(9)8-5-3-2-4-6-8;1-2/h7,9-11,17,19H,5-6,8,12H2,1-4H3,(H,20,21);3-7H,1-2H3;2-6H,1H3;1-2H/b9-7-,11-10-;;;. The molecule has 7 nitrogen and oxygen atoms in total. The number of allylic oxidation sites excluding steroid dienone is 5. The van der Waals surface area contributed by atoms with Gasteiger partial charge in [0.05, 0.1) is 12.3 Å². The molecule has 0 aliphatic carbocycles. The molecule has 7 heteroatoms. The minimum absolute atomic E-state index is 0.121. The van der Waals surface area contributed by atoms with Crippen LogP contribution in [0.5, 0.6) is 0 Å². The number of nitrogens with zero attached hydrogens (tertiary/aromatic N) is 1. The third-order valence-electron chi connectivity index (χ3n) is 6.03. The zero-order valence-electron chi connectivity index (χ0n) is 28.2. The lowest BCUT2D eigenvalue weighted by atomic mass is 10.1. The first-order valence-corrected chi connectivity index (χ1v) is 14.7. The molecule has 0 saturated heterocycles. The van der Waals surface area contributed by atoms with Gasteiger partial charge in [0.2, 0.25) is 5.89 Å². The molecule has 2 aromatic carbocycles. The summed E-state index contributed by atoms with van der Waals surface area (Å²) >= 11 is 0. The first-order chi connectivity index (χ1) is 21.9. The molecule has 1 aromatic heterocycles. The van der Waals surface area contributed by atoms with Crippen molar-refractivity contribution in [1.29, 1.82) is 0 Å². The normalized spacial score (nSPS) is 10.5. The molecule has 3 aromatic rings. The molecule has 1 heterocycles. The van der Waals surface area contributed by atoms with Crippen molar-refractivity contribution in [2.24, 2.45) is 0 Å². The average molecular weight is 625 g/mol. The summed E-state index contributed by atoms with van der Waals surface area (Å²) in [5.74, 6) is 1.33. The number of aromatic nitrogens is 1. The predicted octanol–water partition coefficient (Wildman–Crippen LogP) is 9.05. The molecule has 0 radical (unpaired) electrons. The number of rotatable bonds is 12. The highest BCUT2D eigenvalue weighted by Crippen LogP contribution is 2.20. The number of carboxylic acids is 1. The number of terminal acetylenes is 1. The summed E-state index contributed by atoms with van der Waals surface area (Å²) in [6.45, 7) is 21.2. The minimum Gasteiger partial charge on any atom is -0.495 e. The number of nitrogens with one attached hydrogen (secondary N) is 1. The topological polar surface area (TPSA) is 102 Å². The number of carbonyl (C=O) groups excluding carboxylic acids is 1. The number of aliphatic carboxylic acids is 1. The molecule has 0 amide bonds.